The molecule has 1 N–H and O–H groups in total. The molecule has 2 rings (SSSR count). The molecule has 0 saturated carbocycles. The van der Waals surface area contributed by atoms with Gasteiger partial charge in [0.15, 0.2) is 0 Å². The van der Waals surface area contributed by atoms with Gasteiger partial charge in [0.2, 0.25) is 0 Å². The summed E-state index contributed by atoms with van der Waals surface area (Å²) in [6.45, 7) is 1.79. The molecule has 1 aromatic heterocycles. The lowest BCUT2D eigenvalue weighted by molar-refractivity contribution is 0.319. The van der Waals surface area contributed by atoms with Crippen molar-refractivity contribution in [1.82, 2.24) is 9.88 Å². The SMILES string of the molecule is CNc1cc(CN(C)Cc2ccc(Cl)cc2)ccn1. The van der Waals surface area contributed by atoms with E-state index in [9.17, 15) is 0 Å². The maximum absolute atomic E-state index is 5.88. The number of aromatic nitrogens is 1. The first-order valence-electron chi connectivity index (χ1n) is 6.23. The van der Waals surface area contributed by atoms with Crippen LogP contribution in [-0.2, 0) is 13.1 Å². The van der Waals surface area contributed by atoms with Crippen molar-refractivity contribution in [2.75, 3.05) is 19.4 Å². The molecule has 0 aliphatic carbocycles. The van der Waals surface area contributed by atoms with Gasteiger partial charge >= 0.3 is 0 Å². The molecule has 2 aromatic rings. The van der Waals surface area contributed by atoms with Crippen LogP contribution in [0.15, 0.2) is 42.6 Å². The molecule has 0 atom stereocenters. The monoisotopic (exact) mass is 275 g/mol. The standard InChI is InChI=1S/C15H18ClN3/c1-17-15-9-13(7-8-18-15)11-19(2)10-12-3-5-14(16)6-4-12/h3-9H,10-11H2,1-2H3,(H,17,18). The first-order valence-corrected chi connectivity index (χ1v) is 6.61. The topological polar surface area (TPSA) is 28.2 Å². The maximum atomic E-state index is 5.88. The van der Waals surface area contributed by atoms with Crippen molar-refractivity contribution in [1.29, 1.82) is 0 Å². The van der Waals surface area contributed by atoms with Crippen LogP contribution in [0.4, 0.5) is 5.82 Å². The van der Waals surface area contributed by atoms with E-state index in [4.69, 9.17) is 11.6 Å². The number of pyridine rings is 1. The van der Waals surface area contributed by atoms with Gasteiger partial charge in [-0.05, 0) is 42.4 Å². The molecule has 4 heteroatoms. The van der Waals surface area contributed by atoms with Crippen LogP contribution < -0.4 is 5.32 Å². The van der Waals surface area contributed by atoms with Crippen molar-refractivity contribution < 1.29 is 0 Å². The van der Waals surface area contributed by atoms with Gasteiger partial charge in [0.25, 0.3) is 0 Å². The largest absolute Gasteiger partial charge is 0.373 e. The average Bonchev–Trinajstić information content (AvgIpc) is 2.41. The Kier molecular flexibility index (Phi) is 4.77. The first-order chi connectivity index (χ1) is 9.17. The second kappa shape index (κ2) is 6.55. The van der Waals surface area contributed by atoms with Crippen molar-refractivity contribution in [3.05, 3.63) is 58.7 Å². The van der Waals surface area contributed by atoms with Crippen molar-refractivity contribution in [3.8, 4) is 0 Å². The van der Waals surface area contributed by atoms with Crippen molar-refractivity contribution in [2.24, 2.45) is 0 Å². The molecule has 0 fully saturated rings. The molecular weight excluding hydrogens is 258 g/mol. The zero-order valence-corrected chi connectivity index (χ0v) is 12.0. The summed E-state index contributed by atoms with van der Waals surface area (Å²) in [5.41, 5.74) is 2.51. The third-order valence-corrected chi connectivity index (χ3v) is 3.15. The molecule has 0 spiro atoms. The summed E-state index contributed by atoms with van der Waals surface area (Å²) < 4.78 is 0. The molecule has 0 amide bonds. The molecule has 1 aromatic carbocycles. The Bertz CT molecular complexity index is 525. The number of nitrogens with zero attached hydrogens (tertiary/aromatic N) is 2. The number of benzene rings is 1. The van der Waals surface area contributed by atoms with Crippen molar-refractivity contribution in [3.63, 3.8) is 0 Å². The highest BCUT2D eigenvalue weighted by Gasteiger charge is 2.03. The highest BCUT2D eigenvalue weighted by Crippen LogP contribution is 2.13. The third-order valence-electron chi connectivity index (χ3n) is 2.90. The molecule has 3 nitrogen and oxygen atoms in total. The van der Waals surface area contributed by atoms with E-state index in [0.717, 1.165) is 23.9 Å². The number of hydrogen-bond acceptors (Lipinski definition) is 3. The summed E-state index contributed by atoms with van der Waals surface area (Å²) in [7, 11) is 3.98. The zero-order chi connectivity index (χ0) is 13.7. The summed E-state index contributed by atoms with van der Waals surface area (Å²) >= 11 is 5.88. The minimum absolute atomic E-state index is 0.777. The number of nitrogens with one attached hydrogen (secondary N) is 1. The quantitative estimate of drug-likeness (QED) is 0.906. The second-order valence-corrected chi connectivity index (χ2v) is 5.03. The molecule has 100 valence electrons. The Hall–Kier alpha value is -1.58. The minimum atomic E-state index is 0.777. The minimum Gasteiger partial charge on any atom is -0.373 e. The Morgan fingerprint density at radius 3 is 2.47 bits per heavy atom. The number of rotatable bonds is 5. The molecule has 0 unspecified atom stereocenters. The summed E-state index contributed by atoms with van der Waals surface area (Å²) in [5.74, 6) is 0.900. The van der Waals surface area contributed by atoms with Crippen molar-refractivity contribution >= 4 is 17.4 Å². The lowest BCUT2D eigenvalue weighted by Crippen LogP contribution is -2.17. The van der Waals surface area contributed by atoms with Crippen LogP contribution >= 0.6 is 11.6 Å². The Morgan fingerprint density at radius 1 is 1.11 bits per heavy atom. The molecule has 0 bridgehead atoms. The third kappa shape index (κ3) is 4.23. The fourth-order valence-corrected chi connectivity index (χ4v) is 2.10. The van der Waals surface area contributed by atoms with Gasteiger partial charge in [-0.25, -0.2) is 4.98 Å². The lowest BCUT2D eigenvalue weighted by Gasteiger charge is -2.17. The molecule has 1 heterocycles. The fraction of sp³-hybridized carbons (Fsp3) is 0.267. The predicted molar refractivity (Wildman–Crippen MR) is 80.4 cm³/mol. The smallest absolute Gasteiger partial charge is 0.125 e. The Morgan fingerprint density at radius 2 is 1.79 bits per heavy atom. The molecule has 0 saturated heterocycles. The van der Waals surface area contributed by atoms with E-state index in [1.165, 1.54) is 11.1 Å². The van der Waals surface area contributed by atoms with Crippen molar-refractivity contribution in [2.45, 2.75) is 13.1 Å². The zero-order valence-electron chi connectivity index (χ0n) is 11.2. The molecule has 0 aliphatic heterocycles. The van der Waals surface area contributed by atoms with Gasteiger partial charge < -0.3 is 5.32 Å². The van der Waals surface area contributed by atoms with E-state index in [2.05, 4.69) is 40.4 Å². The van der Waals surface area contributed by atoms with Crippen LogP contribution in [0.2, 0.25) is 5.02 Å². The van der Waals surface area contributed by atoms with Gasteiger partial charge in [-0.3, -0.25) is 4.90 Å². The van der Waals surface area contributed by atoms with Gasteiger partial charge in [0.05, 0.1) is 0 Å². The van der Waals surface area contributed by atoms with E-state index in [-0.39, 0.29) is 0 Å². The van der Waals surface area contributed by atoms with E-state index in [0.29, 0.717) is 0 Å². The number of hydrogen-bond donors (Lipinski definition) is 1. The van der Waals surface area contributed by atoms with Crippen LogP contribution in [-0.4, -0.2) is 24.0 Å². The van der Waals surface area contributed by atoms with E-state index in [1.807, 2.05) is 31.4 Å². The number of halogens is 1. The van der Waals surface area contributed by atoms with E-state index < -0.39 is 0 Å². The molecule has 19 heavy (non-hydrogen) atoms. The van der Waals surface area contributed by atoms with Gasteiger partial charge in [0, 0.05) is 31.4 Å². The first kappa shape index (κ1) is 13.8. The predicted octanol–water partition coefficient (Wildman–Crippen LogP) is 3.41. The summed E-state index contributed by atoms with van der Waals surface area (Å²) in [4.78, 5) is 6.48. The van der Waals surface area contributed by atoms with Gasteiger partial charge in [0.1, 0.15) is 5.82 Å². The van der Waals surface area contributed by atoms with Gasteiger partial charge in [-0.15, -0.1) is 0 Å². The maximum Gasteiger partial charge on any atom is 0.125 e. The number of anilines is 1. The van der Waals surface area contributed by atoms with Crippen LogP contribution in [0.1, 0.15) is 11.1 Å². The molecule has 0 aliphatic rings. The average molecular weight is 276 g/mol. The van der Waals surface area contributed by atoms with E-state index in [1.54, 1.807) is 0 Å². The highest BCUT2D eigenvalue weighted by molar-refractivity contribution is 6.30. The van der Waals surface area contributed by atoms with E-state index >= 15 is 0 Å². The van der Waals surface area contributed by atoms with Crippen LogP contribution in [0.25, 0.3) is 0 Å². The normalized spacial score (nSPS) is 10.7. The van der Waals surface area contributed by atoms with Gasteiger partial charge in [-0.1, -0.05) is 23.7 Å². The van der Waals surface area contributed by atoms with Crippen LogP contribution in [0.5, 0.6) is 0 Å². The fourth-order valence-electron chi connectivity index (χ4n) is 1.98. The van der Waals surface area contributed by atoms with Crippen LogP contribution in [0, 0.1) is 0 Å². The lowest BCUT2D eigenvalue weighted by atomic mass is 10.2. The molecular formula is C15H18ClN3. The summed E-state index contributed by atoms with van der Waals surface area (Å²) in [5, 5.41) is 3.83. The Labute approximate surface area is 119 Å². The summed E-state index contributed by atoms with van der Waals surface area (Å²) in [6.07, 6.45) is 1.83. The van der Waals surface area contributed by atoms with Crippen LogP contribution in [0.3, 0.4) is 0 Å². The Balaban J connectivity index is 1.96. The molecule has 0 radical (unpaired) electrons. The summed E-state index contributed by atoms with van der Waals surface area (Å²) in [6, 6.07) is 12.1. The highest BCUT2D eigenvalue weighted by atomic mass is 35.5. The second-order valence-electron chi connectivity index (χ2n) is 4.60. The van der Waals surface area contributed by atoms with Gasteiger partial charge in [-0.2, -0.15) is 0 Å².